The molecule has 1 amide bonds. The van der Waals surface area contributed by atoms with E-state index in [1.807, 2.05) is 0 Å². The van der Waals surface area contributed by atoms with Gasteiger partial charge in [-0.15, -0.1) is 0 Å². The summed E-state index contributed by atoms with van der Waals surface area (Å²) in [4.78, 5) is 17.7. The van der Waals surface area contributed by atoms with E-state index in [1.165, 1.54) is 18.4 Å². The topological polar surface area (TPSA) is 35.6 Å². The minimum Gasteiger partial charge on any atom is -0.340 e. The van der Waals surface area contributed by atoms with Gasteiger partial charge in [-0.1, -0.05) is 43.7 Å². The molecule has 0 radical (unpaired) electrons. The van der Waals surface area contributed by atoms with Gasteiger partial charge in [-0.05, 0) is 38.3 Å². The third kappa shape index (κ3) is 4.83. The molecule has 2 aliphatic rings. The number of nitrogens with zero attached hydrogens (tertiary/aromatic N) is 2. The van der Waals surface area contributed by atoms with Crippen LogP contribution in [0.15, 0.2) is 30.3 Å². The molecule has 1 aromatic carbocycles. The van der Waals surface area contributed by atoms with Crippen LogP contribution >= 0.6 is 0 Å². The summed E-state index contributed by atoms with van der Waals surface area (Å²) < 4.78 is 0. The highest BCUT2D eigenvalue weighted by Gasteiger charge is 2.33. The Kier molecular flexibility index (Phi) is 6.49. The second kappa shape index (κ2) is 8.81. The number of carbonyl (C=O) groups excluding carboxylic acids is 1. The van der Waals surface area contributed by atoms with Crippen molar-refractivity contribution < 1.29 is 4.79 Å². The van der Waals surface area contributed by atoms with Crippen molar-refractivity contribution in [1.29, 1.82) is 0 Å². The standard InChI is InChI=1S/C21H33N3O/c1-3-7-20-16-24(21(25)19-10-11-22-17(2)14-19)13-12-23(20)15-18-8-5-4-6-9-18/h4-6,8-9,17,19-20,22H,3,7,10-16H2,1-2H3/t17-,19-,20?/m0/s1. The van der Waals surface area contributed by atoms with Crippen LogP contribution in [0.5, 0.6) is 0 Å². The zero-order valence-corrected chi connectivity index (χ0v) is 15.8. The van der Waals surface area contributed by atoms with Gasteiger partial charge in [0.15, 0.2) is 0 Å². The molecule has 0 spiro atoms. The van der Waals surface area contributed by atoms with Crippen LogP contribution in [0.3, 0.4) is 0 Å². The van der Waals surface area contributed by atoms with E-state index in [-0.39, 0.29) is 5.92 Å². The Balaban J connectivity index is 1.61. The fraction of sp³-hybridized carbons (Fsp3) is 0.667. The number of hydrogen-bond donors (Lipinski definition) is 1. The molecule has 0 aromatic heterocycles. The van der Waals surface area contributed by atoms with Crippen LogP contribution in [0.1, 0.15) is 45.1 Å². The van der Waals surface area contributed by atoms with Gasteiger partial charge in [0, 0.05) is 44.2 Å². The molecule has 138 valence electrons. The maximum atomic E-state index is 13.0. The molecule has 25 heavy (non-hydrogen) atoms. The Hall–Kier alpha value is -1.39. The van der Waals surface area contributed by atoms with Crippen molar-refractivity contribution in [3.05, 3.63) is 35.9 Å². The van der Waals surface area contributed by atoms with E-state index in [0.717, 1.165) is 45.6 Å². The summed E-state index contributed by atoms with van der Waals surface area (Å²) in [5, 5.41) is 3.45. The fourth-order valence-electron chi connectivity index (χ4n) is 4.34. The summed E-state index contributed by atoms with van der Waals surface area (Å²) in [6.07, 6.45) is 4.31. The van der Waals surface area contributed by atoms with E-state index in [0.29, 0.717) is 18.0 Å². The lowest BCUT2D eigenvalue weighted by Crippen LogP contribution is -2.56. The van der Waals surface area contributed by atoms with Gasteiger partial charge in [0.25, 0.3) is 0 Å². The second-order valence-electron chi connectivity index (χ2n) is 7.76. The Bertz CT molecular complexity index is 547. The third-order valence-corrected chi connectivity index (χ3v) is 5.74. The highest BCUT2D eigenvalue weighted by molar-refractivity contribution is 5.79. The van der Waals surface area contributed by atoms with Crippen LogP contribution in [-0.4, -0.2) is 54.0 Å². The van der Waals surface area contributed by atoms with Gasteiger partial charge in [0.1, 0.15) is 0 Å². The average molecular weight is 344 g/mol. The normalized spacial score (nSPS) is 28.1. The molecule has 0 bridgehead atoms. The Morgan fingerprint density at radius 1 is 1.24 bits per heavy atom. The summed E-state index contributed by atoms with van der Waals surface area (Å²) in [6, 6.07) is 11.7. The zero-order chi connectivity index (χ0) is 17.6. The predicted molar refractivity (Wildman–Crippen MR) is 102 cm³/mol. The van der Waals surface area contributed by atoms with Gasteiger partial charge in [0.05, 0.1) is 0 Å². The molecular formula is C21H33N3O. The Morgan fingerprint density at radius 2 is 2.04 bits per heavy atom. The largest absolute Gasteiger partial charge is 0.340 e. The van der Waals surface area contributed by atoms with Gasteiger partial charge >= 0.3 is 0 Å². The molecule has 1 unspecified atom stereocenters. The van der Waals surface area contributed by atoms with Gasteiger partial charge in [-0.25, -0.2) is 0 Å². The van der Waals surface area contributed by atoms with Gasteiger partial charge in [-0.2, -0.15) is 0 Å². The van der Waals surface area contributed by atoms with Crippen molar-refractivity contribution in [3.8, 4) is 0 Å². The number of amides is 1. The lowest BCUT2D eigenvalue weighted by atomic mass is 9.91. The molecule has 3 atom stereocenters. The number of nitrogens with one attached hydrogen (secondary N) is 1. The van der Waals surface area contributed by atoms with Crippen molar-refractivity contribution >= 4 is 5.91 Å². The number of benzene rings is 1. The van der Waals surface area contributed by atoms with E-state index >= 15 is 0 Å². The van der Waals surface area contributed by atoms with Crippen molar-refractivity contribution in [2.75, 3.05) is 26.2 Å². The first-order chi connectivity index (χ1) is 12.2. The first kappa shape index (κ1) is 18.4. The number of carbonyl (C=O) groups is 1. The molecule has 2 saturated heterocycles. The van der Waals surface area contributed by atoms with Crippen LogP contribution in [0.2, 0.25) is 0 Å². The number of hydrogen-bond acceptors (Lipinski definition) is 3. The molecule has 2 heterocycles. The van der Waals surface area contributed by atoms with E-state index in [2.05, 4.69) is 59.3 Å². The van der Waals surface area contributed by atoms with Gasteiger partial charge < -0.3 is 10.2 Å². The van der Waals surface area contributed by atoms with Gasteiger partial charge in [-0.3, -0.25) is 9.69 Å². The van der Waals surface area contributed by atoms with Crippen molar-refractivity contribution in [3.63, 3.8) is 0 Å². The molecule has 1 aromatic rings. The molecular weight excluding hydrogens is 310 g/mol. The van der Waals surface area contributed by atoms with Crippen LogP contribution in [0, 0.1) is 5.92 Å². The molecule has 0 aliphatic carbocycles. The summed E-state index contributed by atoms with van der Waals surface area (Å²) in [5.41, 5.74) is 1.37. The molecule has 3 rings (SSSR count). The molecule has 4 nitrogen and oxygen atoms in total. The maximum Gasteiger partial charge on any atom is 0.225 e. The maximum absolute atomic E-state index is 13.0. The van der Waals surface area contributed by atoms with Crippen molar-refractivity contribution in [2.45, 2.75) is 58.2 Å². The summed E-state index contributed by atoms with van der Waals surface area (Å²) in [7, 11) is 0. The minimum atomic E-state index is 0.221. The lowest BCUT2D eigenvalue weighted by molar-refractivity contribution is -0.140. The second-order valence-corrected chi connectivity index (χ2v) is 7.76. The first-order valence-corrected chi connectivity index (χ1v) is 9.97. The van der Waals surface area contributed by atoms with Crippen LogP contribution in [0.25, 0.3) is 0 Å². The van der Waals surface area contributed by atoms with E-state index < -0.39 is 0 Å². The lowest BCUT2D eigenvalue weighted by Gasteiger charge is -2.43. The van der Waals surface area contributed by atoms with Crippen LogP contribution in [0.4, 0.5) is 0 Å². The van der Waals surface area contributed by atoms with E-state index in [4.69, 9.17) is 0 Å². The molecule has 2 fully saturated rings. The van der Waals surface area contributed by atoms with E-state index in [1.54, 1.807) is 0 Å². The predicted octanol–water partition coefficient (Wildman–Crippen LogP) is 2.89. The number of piperidine rings is 1. The molecule has 2 aliphatic heterocycles. The number of rotatable bonds is 5. The first-order valence-electron chi connectivity index (χ1n) is 9.97. The quantitative estimate of drug-likeness (QED) is 0.893. The monoisotopic (exact) mass is 343 g/mol. The van der Waals surface area contributed by atoms with E-state index in [9.17, 15) is 4.79 Å². The smallest absolute Gasteiger partial charge is 0.225 e. The fourth-order valence-corrected chi connectivity index (χ4v) is 4.34. The SMILES string of the molecule is CCCC1CN(C(=O)[C@H]2CCN[C@@H](C)C2)CCN1Cc1ccccc1. The summed E-state index contributed by atoms with van der Waals surface area (Å²) in [5.74, 6) is 0.619. The molecule has 1 N–H and O–H groups in total. The van der Waals surface area contributed by atoms with Crippen LogP contribution < -0.4 is 5.32 Å². The zero-order valence-electron chi connectivity index (χ0n) is 15.8. The summed E-state index contributed by atoms with van der Waals surface area (Å²) in [6.45, 7) is 9.18. The molecule has 0 saturated carbocycles. The van der Waals surface area contributed by atoms with Crippen LogP contribution in [-0.2, 0) is 11.3 Å². The Morgan fingerprint density at radius 3 is 2.76 bits per heavy atom. The number of piperazine rings is 1. The summed E-state index contributed by atoms with van der Waals surface area (Å²) >= 11 is 0. The highest BCUT2D eigenvalue weighted by atomic mass is 16.2. The minimum absolute atomic E-state index is 0.221. The van der Waals surface area contributed by atoms with Crippen molar-refractivity contribution in [2.24, 2.45) is 5.92 Å². The van der Waals surface area contributed by atoms with Crippen molar-refractivity contribution in [1.82, 2.24) is 15.1 Å². The Labute approximate surface area is 152 Å². The van der Waals surface area contributed by atoms with Gasteiger partial charge in [0.2, 0.25) is 5.91 Å². The average Bonchev–Trinajstić information content (AvgIpc) is 2.63. The highest BCUT2D eigenvalue weighted by Crippen LogP contribution is 2.23. The third-order valence-electron chi connectivity index (χ3n) is 5.74. The molecule has 4 heteroatoms.